The molecule has 0 saturated carbocycles. The zero-order valence-corrected chi connectivity index (χ0v) is 11.7. The summed E-state index contributed by atoms with van der Waals surface area (Å²) in [7, 11) is 0. The Morgan fingerprint density at radius 2 is 2.00 bits per heavy atom. The number of unbranched alkanes of at least 4 members (excludes halogenated alkanes) is 4. The largest absolute Gasteiger partial charge is 0.490 e. The maximum atomic E-state index is 10.3. The summed E-state index contributed by atoms with van der Waals surface area (Å²) >= 11 is 0. The van der Waals surface area contributed by atoms with Gasteiger partial charge in [-0.2, -0.15) is 0 Å². The van der Waals surface area contributed by atoms with Gasteiger partial charge >= 0.3 is 0 Å². The second kappa shape index (κ2) is 7.51. The molecule has 1 aliphatic heterocycles. The Morgan fingerprint density at radius 1 is 1.21 bits per heavy atom. The van der Waals surface area contributed by atoms with Crippen molar-refractivity contribution in [2.75, 3.05) is 13.2 Å². The number of aliphatic hydroxyl groups excluding tert-OH is 1. The van der Waals surface area contributed by atoms with Crippen LogP contribution in [0.1, 0.15) is 50.7 Å². The number of aliphatic hydroxyl groups is 1. The van der Waals surface area contributed by atoms with Gasteiger partial charge in [-0.15, -0.1) is 0 Å². The van der Waals surface area contributed by atoms with Crippen molar-refractivity contribution in [2.24, 2.45) is 0 Å². The molecule has 1 aliphatic rings. The van der Waals surface area contributed by atoms with E-state index in [2.05, 4.69) is 6.92 Å². The van der Waals surface area contributed by atoms with Crippen molar-refractivity contribution in [3.63, 3.8) is 0 Å². The van der Waals surface area contributed by atoms with Crippen LogP contribution in [-0.2, 0) is 4.74 Å². The summed E-state index contributed by atoms with van der Waals surface area (Å²) in [4.78, 5) is 0. The summed E-state index contributed by atoms with van der Waals surface area (Å²) in [6.45, 7) is 3.35. The number of hydrogen-bond donors (Lipinski definition) is 1. The van der Waals surface area contributed by atoms with E-state index in [0.29, 0.717) is 13.2 Å². The molecular formula is C16H24O3. The van der Waals surface area contributed by atoms with Crippen LogP contribution in [0.5, 0.6) is 5.75 Å². The number of ether oxygens (including phenoxy) is 2. The van der Waals surface area contributed by atoms with Crippen LogP contribution in [0.15, 0.2) is 24.3 Å². The quantitative estimate of drug-likeness (QED) is 0.766. The molecule has 0 saturated heterocycles. The Labute approximate surface area is 115 Å². The van der Waals surface area contributed by atoms with Gasteiger partial charge in [-0.1, -0.05) is 50.8 Å². The highest BCUT2D eigenvalue weighted by molar-refractivity contribution is 5.37. The second-order valence-electron chi connectivity index (χ2n) is 5.12. The van der Waals surface area contributed by atoms with Crippen molar-refractivity contribution >= 4 is 0 Å². The lowest BCUT2D eigenvalue weighted by Gasteiger charge is -2.30. The normalized spacial score (nSPS) is 21.8. The number of benzene rings is 1. The van der Waals surface area contributed by atoms with E-state index in [-0.39, 0.29) is 6.10 Å². The minimum absolute atomic E-state index is 0.235. The standard InChI is InChI=1S/C16H24O3/c1-2-3-4-5-8-11-18-15-12-19-14-10-7-6-9-13(14)16(15)17/h6-7,9-10,15-17H,2-5,8,11-12H2,1H3. The lowest BCUT2D eigenvalue weighted by atomic mass is 10.0. The van der Waals surface area contributed by atoms with Gasteiger partial charge in [0.2, 0.25) is 0 Å². The Balaban J connectivity index is 1.74. The van der Waals surface area contributed by atoms with Crippen LogP contribution in [0.25, 0.3) is 0 Å². The summed E-state index contributed by atoms with van der Waals surface area (Å²) in [5, 5.41) is 10.3. The molecule has 0 amide bonds. The third kappa shape index (κ3) is 3.95. The van der Waals surface area contributed by atoms with Gasteiger partial charge in [0, 0.05) is 12.2 Å². The van der Waals surface area contributed by atoms with E-state index >= 15 is 0 Å². The molecule has 2 rings (SSSR count). The molecule has 106 valence electrons. The average Bonchev–Trinajstić information content (AvgIpc) is 2.45. The summed E-state index contributed by atoms with van der Waals surface area (Å²) < 4.78 is 11.4. The van der Waals surface area contributed by atoms with Gasteiger partial charge in [0.05, 0.1) is 0 Å². The highest BCUT2D eigenvalue weighted by Crippen LogP contribution is 2.33. The van der Waals surface area contributed by atoms with Crippen molar-refractivity contribution in [1.29, 1.82) is 0 Å². The monoisotopic (exact) mass is 264 g/mol. The van der Waals surface area contributed by atoms with Crippen molar-refractivity contribution in [1.82, 2.24) is 0 Å². The maximum Gasteiger partial charge on any atom is 0.125 e. The molecule has 0 aliphatic carbocycles. The van der Waals surface area contributed by atoms with Gasteiger partial charge in [0.15, 0.2) is 0 Å². The molecule has 0 radical (unpaired) electrons. The van der Waals surface area contributed by atoms with Crippen LogP contribution in [0.2, 0.25) is 0 Å². The van der Waals surface area contributed by atoms with Gasteiger partial charge in [-0.25, -0.2) is 0 Å². The van der Waals surface area contributed by atoms with E-state index in [0.717, 1.165) is 17.7 Å². The molecule has 1 N–H and O–H groups in total. The van der Waals surface area contributed by atoms with Crippen LogP contribution >= 0.6 is 0 Å². The van der Waals surface area contributed by atoms with E-state index in [4.69, 9.17) is 9.47 Å². The number of rotatable bonds is 7. The third-order valence-electron chi connectivity index (χ3n) is 3.57. The molecule has 0 aromatic heterocycles. The smallest absolute Gasteiger partial charge is 0.125 e. The van der Waals surface area contributed by atoms with Crippen LogP contribution in [0.3, 0.4) is 0 Å². The minimum atomic E-state index is -0.569. The first kappa shape index (κ1) is 14.4. The minimum Gasteiger partial charge on any atom is -0.490 e. The zero-order valence-electron chi connectivity index (χ0n) is 11.7. The first-order valence-corrected chi connectivity index (χ1v) is 7.34. The van der Waals surface area contributed by atoms with Crippen LogP contribution < -0.4 is 4.74 Å². The predicted octanol–water partition coefficient (Wildman–Crippen LogP) is 3.47. The molecule has 0 fully saturated rings. The number of para-hydroxylation sites is 1. The Kier molecular flexibility index (Phi) is 5.67. The SMILES string of the molecule is CCCCCCCOC1COc2ccccc2C1O. The molecule has 3 heteroatoms. The number of hydrogen-bond acceptors (Lipinski definition) is 3. The molecule has 2 atom stereocenters. The molecule has 0 bridgehead atoms. The molecular weight excluding hydrogens is 240 g/mol. The van der Waals surface area contributed by atoms with Gasteiger partial charge in [0.25, 0.3) is 0 Å². The second-order valence-corrected chi connectivity index (χ2v) is 5.12. The fourth-order valence-corrected chi connectivity index (χ4v) is 2.40. The van der Waals surface area contributed by atoms with Crippen molar-refractivity contribution < 1.29 is 14.6 Å². The van der Waals surface area contributed by atoms with E-state index in [1.807, 2.05) is 24.3 Å². The molecule has 1 aromatic rings. The van der Waals surface area contributed by atoms with E-state index in [1.54, 1.807) is 0 Å². The molecule has 0 spiro atoms. The average molecular weight is 264 g/mol. The van der Waals surface area contributed by atoms with E-state index in [1.165, 1.54) is 25.7 Å². The van der Waals surface area contributed by atoms with Crippen LogP contribution in [0, 0.1) is 0 Å². The topological polar surface area (TPSA) is 38.7 Å². The lowest BCUT2D eigenvalue weighted by Crippen LogP contribution is -2.33. The Bertz CT molecular complexity index is 378. The Hall–Kier alpha value is -1.06. The number of fused-ring (bicyclic) bond motifs is 1. The fraction of sp³-hybridized carbons (Fsp3) is 0.625. The van der Waals surface area contributed by atoms with Gasteiger partial charge < -0.3 is 14.6 Å². The highest BCUT2D eigenvalue weighted by atomic mass is 16.5. The Morgan fingerprint density at radius 3 is 2.84 bits per heavy atom. The fourth-order valence-electron chi connectivity index (χ4n) is 2.40. The first-order chi connectivity index (χ1) is 9.33. The lowest BCUT2D eigenvalue weighted by molar-refractivity contribution is -0.0729. The van der Waals surface area contributed by atoms with Crippen molar-refractivity contribution in [3.8, 4) is 5.75 Å². The van der Waals surface area contributed by atoms with E-state index < -0.39 is 6.10 Å². The summed E-state index contributed by atoms with van der Waals surface area (Å²) in [5.74, 6) is 0.776. The predicted molar refractivity (Wildman–Crippen MR) is 75.4 cm³/mol. The van der Waals surface area contributed by atoms with Gasteiger partial charge in [0.1, 0.15) is 24.6 Å². The molecule has 3 nitrogen and oxygen atoms in total. The van der Waals surface area contributed by atoms with E-state index in [9.17, 15) is 5.11 Å². The summed E-state index contributed by atoms with van der Waals surface area (Å²) in [6, 6.07) is 7.62. The third-order valence-corrected chi connectivity index (χ3v) is 3.57. The van der Waals surface area contributed by atoms with Crippen molar-refractivity contribution in [2.45, 2.75) is 51.2 Å². The zero-order chi connectivity index (χ0) is 13.5. The molecule has 1 heterocycles. The van der Waals surface area contributed by atoms with Gasteiger partial charge in [-0.05, 0) is 12.5 Å². The highest BCUT2D eigenvalue weighted by Gasteiger charge is 2.29. The first-order valence-electron chi connectivity index (χ1n) is 7.34. The molecule has 19 heavy (non-hydrogen) atoms. The maximum absolute atomic E-state index is 10.3. The van der Waals surface area contributed by atoms with Crippen LogP contribution in [0.4, 0.5) is 0 Å². The van der Waals surface area contributed by atoms with Crippen molar-refractivity contribution in [3.05, 3.63) is 29.8 Å². The molecule has 1 aromatic carbocycles. The summed E-state index contributed by atoms with van der Waals surface area (Å²) in [5.41, 5.74) is 0.838. The summed E-state index contributed by atoms with van der Waals surface area (Å²) in [6.07, 6.45) is 5.28. The molecule has 2 unspecified atom stereocenters. The van der Waals surface area contributed by atoms with Gasteiger partial charge in [-0.3, -0.25) is 0 Å². The van der Waals surface area contributed by atoms with Crippen LogP contribution in [-0.4, -0.2) is 24.4 Å².